The Hall–Kier alpha value is -1.10. The van der Waals surface area contributed by atoms with Crippen molar-refractivity contribution in [2.45, 2.75) is 18.9 Å². The minimum atomic E-state index is -0.305. The summed E-state index contributed by atoms with van der Waals surface area (Å²) < 4.78 is 0. The van der Waals surface area contributed by atoms with Crippen molar-refractivity contribution in [3.63, 3.8) is 0 Å². The second-order valence-corrected chi connectivity index (χ2v) is 3.06. The summed E-state index contributed by atoms with van der Waals surface area (Å²) in [6.45, 7) is 0.627. The van der Waals surface area contributed by atoms with Crippen LogP contribution in [-0.2, 0) is 9.59 Å². The van der Waals surface area contributed by atoms with E-state index in [4.69, 9.17) is 5.73 Å². The van der Waals surface area contributed by atoms with E-state index in [1.807, 2.05) is 0 Å². The molecule has 1 heterocycles. The molecule has 0 spiro atoms. The number of nitrogens with one attached hydrogen (secondary N) is 1. The molecular weight excluding hydrogens is 170 g/mol. The fourth-order valence-corrected chi connectivity index (χ4v) is 1.62. The van der Waals surface area contributed by atoms with Gasteiger partial charge in [-0.05, 0) is 12.8 Å². The van der Waals surface area contributed by atoms with Crippen LogP contribution in [0.15, 0.2) is 0 Å². The van der Waals surface area contributed by atoms with Gasteiger partial charge in [-0.3, -0.25) is 9.59 Å². The maximum atomic E-state index is 11.3. The Morgan fingerprint density at radius 3 is 2.85 bits per heavy atom. The van der Waals surface area contributed by atoms with Gasteiger partial charge in [-0.15, -0.1) is 0 Å². The third kappa shape index (κ3) is 1.98. The lowest BCUT2D eigenvalue weighted by molar-refractivity contribution is -0.137. The molecule has 1 saturated heterocycles. The summed E-state index contributed by atoms with van der Waals surface area (Å²) in [7, 11) is 1.58. The number of rotatable bonds is 2. The number of hydrogen-bond donors (Lipinski definition) is 2. The smallest absolute Gasteiger partial charge is 0.242 e. The monoisotopic (exact) mass is 185 g/mol. The van der Waals surface area contributed by atoms with Crippen LogP contribution < -0.4 is 11.1 Å². The summed E-state index contributed by atoms with van der Waals surface area (Å²) in [5.41, 5.74) is 5.23. The summed E-state index contributed by atoms with van der Waals surface area (Å²) in [6.07, 6.45) is 1.62. The van der Waals surface area contributed by atoms with Crippen LogP contribution in [0.5, 0.6) is 0 Å². The van der Waals surface area contributed by atoms with E-state index < -0.39 is 0 Å². The van der Waals surface area contributed by atoms with Crippen LogP contribution in [0.25, 0.3) is 0 Å². The Morgan fingerprint density at radius 2 is 2.31 bits per heavy atom. The predicted molar refractivity (Wildman–Crippen MR) is 47.9 cm³/mol. The van der Waals surface area contributed by atoms with E-state index >= 15 is 0 Å². The molecule has 13 heavy (non-hydrogen) atoms. The van der Waals surface area contributed by atoms with Crippen molar-refractivity contribution in [2.24, 2.45) is 5.73 Å². The number of amides is 2. The first-order valence-corrected chi connectivity index (χ1v) is 4.42. The van der Waals surface area contributed by atoms with E-state index in [1.165, 1.54) is 0 Å². The van der Waals surface area contributed by atoms with Gasteiger partial charge in [0.2, 0.25) is 11.8 Å². The first-order valence-electron chi connectivity index (χ1n) is 4.42. The molecule has 1 rings (SSSR count). The highest BCUT2D eigenvalue weighted by molar-refractivity contribution is 5.88. The summed E-state index contributed by atoms with van der Waals surface area (Å²) in [5, 5.41) is 2.54. The maximum absolute atomic E-state index is 11.3. The van der Waals surface area contributed by atoms with Crippen LogP contribution in [0, 0.1) is 0 Å². The molecule has 3 N–H and O–H groups in total. The van der Waals surface area contributed by atoms with Crippen molar-refractivity contribution in [1.29, 1.82) is 0 Å². The van der Waals surface area contributed by atoms with Gasteiger partial charge >= 0.3 is 0 Å². The molecule has 5 nitrogen and oxygen atoms in total. The maximum Gasteiger partial charge on any atom is 0.242 e. The zero-order valence-corrected chi connectivity index (χ0v) is 7.75. The SMILES string of the molecule is CNC(=O)C1CCCN1C(=O)CN. The summed E-state index contributed by atoms with van der Waals surface area (Å²) in [5.74, 6) is -0.245. The van der Waals surface area contributed by atoms with Gasteiger partial charge in [0.05, 0.1) is 6.54 Å². The van der Waals surface area contributed by atoms with Gasteiger partial charge in [-0.25, -0.2) is 0 Å². The van der Waals surface area contributed by atoms with Gasteiger partial charge in [0.1, 0.15) is 6.04 Å². The number of carbonyl (C=O) groups is 2. The van der Waals surface area contributed by atoms with Crippen molar-refractivity contribution < 1.29 is 9.59 Å². The van der Waals surface area contributed by atoms with Crippen molar-refractivity contribution in [1.82, 2.24) is 10.2 Å². The van der Waals surface area contributed by atoms with Crippen LogP contribution in [0.1, 0.15) is 12.8 Å². The lowest BCUT2D eigenvalue weighted by Gasteiger charge is -2.22. The van der Waals surface area contributed by atoms with Crippen LogP contribution in [0.4, 0.5) is 0 Å². The quantitative estimate of drug-likeness (QED) is 0.560. The second kappa shape index (κ2) is 4.23. The summed E-state index contributed by atoms with van der Waals surface area (Å²) in [6, 6.07) is -0.305. The average Bonchev–Trinajstić information content (AvgIpc) is 2.63. The molecule has 1 fully saturated rings. The Morgan fingerprint density at radius 1 is 1.62 bits per heavy atom. The number of nitrogens with two attached hydrogens (primary N) is 1. The zero-order chi connectivity index (χ0) is 9.84. The Labute approximate surface area is 77.3 Å². The topological polar surface area (TPSA) is 75.4 Å². The largest absolute Gasteiger partial charge is 0.357 e. The Kier molecular flexibility index (Phi) is 3.25. The predicted octanol–water partition coefficient (Wildman–Crippen LogP) is -1.32. The van der Waals surface area contributed by atoms with Crippen molar-refractivity contribution in [2.75, 3.05) is 20.1 Å². The van der Waals surface area contributed by atoms with Crippen molar-refractivity contribution >= 4 is 11.8 Å². The zero-order valence-electron chi connectivity index (χ0n) is 7.75. The number of likely N-dealkylation sites (N-methyl/N-ethyl adjacent to an activating group) is 1. The highest BCUT2D eigenvalue weighted by Crippen LogP contribution is 2.16. The molecule has 1 unspecified atom stereocenters. The Bertz CT molecular complexity index is 195. The van der Waals surface area contributed by atoms with Crippen LogP contribution in [0.3, 0.4) is 0 Å². The molecular formula is C8H15N3O2. The van der Waals surface area contributed by atoms with E-state index in [1.54, 1.807) is 11.9 Å². The molecule has 1 aliphatic rings. The first kappa shape index (κ1) is 9.98. The molecule has 5 heteroatoms. The second-order valence-electron chi connectivity index (χ2n) is 3.06. The van der Waals surface area contributed by atoms with Crippen LogP contribution >= 0.6 is 0 Å². The van der Waals surface area contributed by atoms with Gasteiger partial charge in [0, 0.05) is 13.6 Å². The standard InChI is InChI=1S/C8H15N3O2/c1-10-8(13)6-3-2-4-11(6)7(12)5-9/h6H,2-5,9H2,1H3,(H,10,13). The molecule has 0 saturated carbocycles. The minimum Gasteiger partial charge on any atom is -0.357 e. The highest BCUT2D eigenvalue weighted by atomic mass is 16.2. The van der Waals surface area contributed by atoms with E-state index in [9.17, 15) is 9.59 Å². The number of likely N-dealkylation sites (tertiary alicyclic amines) is 1. The number of nitrogens with zero attached hydrogens (tertiary/aromatic N) is 1. The lowest BCUT2D eigenvalue weighted by atomic mass is 10.2. The van der Waals surface area contributed by atoms with E-state index in [-0.39, 0.29) is 24.4 Å². The average molecular weight is 185 g/mol. The molecule has 0 aliphatic carbocycles. The molecule has 0 radical (unpaired) electrons. The molecule has 0 aromatic heterocycles. The van der Waals surface area contributed by atoms with Crippen molar-refractivity contribution in [3.8, 4) is 0 Å². The number of hydrogen-bond acceptors (Lipinski definition) is 3. The van der Waals surface area contributed by atoms with Gasteiger partial charge in [-0.1, -0.05) is 0 Å². The van der Waals surface area contributed by atoms with Crippen molar-refractivity contribution in [3.05, 3.63) is 0 Å². The summed E-state index contributed by atoms with van der Waals surface area (Å²) in [4.78, 5) is 24.1. The van der Waals surface area contributed by atoms with Gasteiger partial charge in [-0.2, -0.15) is 0 Å². The normalized spacial score (nSPS) is 21.7. The molecule has 0 bridgehead atoms. The fraction of sp³-hybridized carbons (Fsp3) is 0.750. The molecule has 1 atom stereocenters. The lowest BCUT2D eigenvalue weighted by Crippen LogP contribution is -2.46. The molecule has 0 aromatic carbocycles. The third-order valence-electron chi connectivity index (χ3n) is 2.30. The van der Waals surface area contributed by atoms with E-state index in [2.05, 4.69) is 5.32 Å². The molecule has 0 aromatic rings. The molecule has 74 valence electrons. The number of carbonyl (C=O) groups excluding carboxylic acids is 2. The van der Waals surface area contributed by atoms with Gasteiger partial charge < -0.3 is 16.0 Å². The summed E-state index contributed by atoms with van der Waals surface area (Å²) >= 11 is 0. The molecule has 2 amide bonds. The van der Waals surface area contributed by atoms with Gasteiger partial charge in [0.25, 0.3) is 0 Å². The fourth-order valence-electron chi connectivity index (χ4n) is 1.62. The van der Waals surface area contributed by atoms with Gasteiger partial charge in [0.15, 0.2) is 0 Å². The molecule has 1 aliphatic heterocycles. The highest BCUT2D eigenvalue weighted by Gasteiger charge is 2.32. The third-order valence-corrected chi connectivity index (χ3v) is 2.30. The van der Waals surface area contributed by atoms with Crippen LogP contribution in [0.2, 0.25) is 0 Å². The van der Waals surface area contributed by atoms with Crippen LogP contribution in [-0.4, -0.2) is 42.9 Å². The minimum absolute atomic E-state index is 0.0203. The van der Waals surface area contributed by atoms with E-state index in [0.29, 0.717) is 6.54 Å². The van der Waals surface area contributed by atoms with E-state index in [0.717, 1.165) is 12.8 Å². The Balaban J connectivity index is 2.63. The first-order chi connectivity index (χ1) is 6.20.